The summed E-state index contributed by atoms with van der Waals surface area (Å²) in [5, 5.41) is 10.7. The second kappa shape index (κ2) is 5.88. The molecule has 2 fully saturated rings. The lowest BCUT2D eigenvalue weighted by Gasteiger charge is -2.30. The smallest absolute Gasteiger partial charge is 0.244 e. The summed E-state index contributed by atoms with van der Waals surface area (Å²) < 4.78 is 5.63. The maximum absolute atomic E-state index is 5.63. The van der Waals surface area contributed by atoms with E-state index in [1.807, 2.05) is 7.05 Å². The molecule has 2 N–H and O–H groups in total. The molecule has 0 radical (unpaired) electrons. The molecule has 106 valence electrons. The van der Waals surface area contributed by atoms with E-state index in [2.05, 4.69) is 25.4 Å². The maximum atomic E-state index is 5.63. The zero-order valence-corrected chi connectivity index (χ0v) is 11.6. The Kier molecular flexibility index (Phi) is 3.98. The first-order chi connectivity index (χ1) is 9.35. The molecule has 1 unspecified atom stereocenters. The van der Waals surface area contributed by atoms with Gasteiger partial charge in [0.2, 0.25) is 5.95 Å². The third-order valence-corrected chi connectivity index (χ3v) is 4.15. The average molecular weight is 265 g/mol. The van der Waals surface area contributed by atoms with Gasteiger partial charge >= 0.3 is 0 Å². The van der Waals surface area contributed by atoms with Crippen LogP contribution in [0.15, 0.2) is 0 Å². The Bertz CT molecular complexity index is 393. The van der Waals surface area contributed by atoms with Crippen LogP contribution < -0.4 is 10.2 Å². The zero-order chi connectivity index (χ0) is 13.1. The molecule has 3 rings (SSSR count). The number of hydrogen-bond donors (Lipinski definition) is 2. The van der Waals surface area contributed by atoms with Crippen LogP contribution in [-0.4, -0.2) is 54.1 Å². The van der Waals surface area contributed by atoms with Gasteiger partial charge in [-0.1, -0.05) is 0 Å². The van der Waals surface area contributed by atoms with Crippen molar-refractivity contribution in [1.29, 1.82) is 0 Å². The van der Waals surface area contributed by atoms with Crippen molar-refractivity contribution < 1.29 is 4.74 Å². The molecule has 6 nitrogen and oxygen atoms in total. The Labute approximate surface area is 113 Å². The van der Waals surface area contributed by atoms with Gasteiger partial charge in [0.05, 0.1) is 6.10 Å². The van der Waals surface area contributed by atoms with Crippen molar-refractivity contribution in [2.75, 3.05) is 31.6 Å². The lowest BCUT2D eigenvalue weighted by Crippen LogP contribution is -2.41. The number of aromatic nitrogens is 3. The molecule has 1 aromatic heterocycles. The largest absolute Gasteiger partial charge is 0.378 e. The third-order valence-electron chi connectivity index (χ3n) is 4.15. The molecule has 0 aliphatic carbocycles. The standard InChI is InChI=1S/C13H23N5O/c1-14-10-4-6-18(7-5-10)13-15-12(16-17-13)9-11-3-2-8-19-11/h10-11,14H,2-9H2,1H3,(H,15,16,17). The molecule has 19 heavy (non-hydrogen) atoms. The van der Waals surface area contributed by atoms with Crippen LogP contribution in [-0.2, 0) is 11.2 Å². The summed E-state index contributed by atoms with van der Waals surface area (Å²) >= 11 is 0. The second-order valence-corrected chi connectivity index (χ2v) is 5.47. The molecular formula is C13H23N5O. The van der Waals surface area contributed by atoms with Crippen molar-refractivity contribution in [2.45, 2.75) is 44.2 Å². The third kappa shape index (κ3) is 3.06. The van der Waals surface area contributed by atoms with E-state index in [0.717, 1.165) is 57.2 Å². The molecular weight excluding hydrogens is 242 g/mol. The lowest BCUT2D eigenvalue weighted by atomic mass is 10.1. The topological polar surface area (TPSA) is 66.1 Å². The Morgan fingerprint density at radius 2 is 2.21 bits per heavy atom. The zero-order valence-electron chi connectivity index (χ0n) is 11.6. The fourth-order valence-corrected chi connectivity index (χ4v) is 2.91. The van der Waals surface area contributed by atoms with Gasteiger partial charge < -0.3 is 15.0 Å². The summed E-state index contributed by atoms with van der Waals surface area (Å²) in [6.07, 6.45) is 5.82. The fourth-order valence-electron chi connectivity index (χ4n) is 2.91. The minimum absolute atomic E-state index is 0.329. The first-order valence-corrected chi connectivity index (χ1v) is 7.30. The summed E-state index contributed by atoms with van der Waals surface area (Å²) in [4.78, 5) is 6.87. The van der Waals surface area contributed by atoms with Gasteiger partial charge in [-0.2, -0.15) is 4.98 Å². The molecule has 1 aromatic rings. The predicted octanol–water partition coefficient (Wildman–Crippen LogP) is 0.714. The van der Waals surface area contributed by atoms with E-state index in [4.69, 9.17) is 4.74 Å². The van der Waals surface area contributed by atoms with Crippen LogP contribution in [0, 0.1) is 0 Å². The number of piperidine rings is 1. The summed E-state index contributed by atoms with van der Waals surface area (Å²) in [5.41, 5.74) is 0. The summed E-state index contributed by atoms with van der Waals surface area (Å²) in [7, 11) is 2.03. The number of rotatable bonds is 4. The summed E-state index contributed by atoms with van der Waals surface area (Å²) in [5.74, 6) is 1.81. The molecule has 2 saturated heterocycles. The van der Waals surface area contributed by atoms with E-state index in [1.54, 1.807) is 0 Å². The maximum Gasteiger partial charge on any atom is 0.244 e. The van der Waals surface area contributed by atoms with Crippen molar-refractivity contribution in [1.82, 2.24) is 20.5 Å². The van der Waals surface area contributed by atoms with Gasteiger partial charge in [0.25, 0.3) is 0 Å². The highest BCUT2D eigenvalue weighted by Gasteiger charge is 2.22. The van der Waals surface area contributed by atoms with Crippen molar-refractivity contribution in [3.8, 4) is 0 Å². The first kappa shape index (κ1) is 12.9. The van der Waals surface area contributed by atoms with Gasteiger partial charge in [-0.25, -0.2) is 0 Å². The molecule has 2 aliphatic heterocycles. The van der Waals surface area contributed by atoms with Crippen LogP contribution in [0.1, 0.15) is 31.5 Å². The van der Waals surface area contributed by atoms with E-state index >= 15 is 0 Å². The number of anilines is 1. The van der Waals surface area contributed by atoms with Crippen LogP contribution >= 0.6 is 0 Å². The summed E-state index contributed by atoms with van der Waals surface area (Å²) in [6.45, 7) is 2.95. The van der Waals surface area contributed by atoms with E-state index in [1.165, 1.54) is 6.42 Å². The van der Waals surface area contributed by atoms with Crippen LogP contribution in [0.4, 0.5) is 5.95 Å². The van der Waals surface area contributed by atoms with Gasteiger partial charge in [-0.05, 0) is 32.7 Å². The lowest BCUT2D eigenvalue weighted by molar-refractivity contribution is 0.110. The Morgan fingerprint density at radius 3 is 2.89 bits per heavy atom. The molecule has 2 aliphatic rings. The molecule has 3 heterocycles. The molecule has 0 amide bonds. The monoisotopic (exact) mass is 265 g/mol. The van der Waals surface area contributed by atoms with E-state index in [-0.39, 0.29) is 0 Å². The molecule has 0 aromatic carbocycles. The number of ether oxygens (including phenoxy) is 1. The van der Waals surface area contributed by atoms with Crippen LogP contribution in [0.25, 0.3) is 0 Å². The van der Waals surface area contributed by atoms with Gasteiger partial charge in [0, 0.05) is 32.2 Å². The van der Waals surface area contributed by atoms with Crippen molar-refractivity contribution in [2.24, 2.45) is 0 Å². The molecule has 6 heteroatoms. The minimum Gasteiger partial charge on any atom is -0.378 e. The number of nitrogens with zero attached hydrogens (tertiary/aromatic N) is 3. The highest BCUT2D eigenvalue weighted by atomic mass is 16.5. The summed E-state index contributed by atoms with van der Waals surface area (Å²) in [6, 6.07) is 0.640. The molecule has 0 spiro atoms. The number of H-pyrrole nitrogens is 1. The van der Waals surface area contributed by atoms with Crippen LogP contribution in [0.3, 0.4) is 0 Å². The number of nitrogens with one attached hydrogen (secondary N) is 2. The Balaban J connectivity index is 1.55. The fraction of sp³-hybridized carbons (Fsp3) is 0.846. The van der Waals surface area contributed by atoms with Gasteiger partial charge in [-0.15, -0.1) is 5.10 Å². The molecule has 1 atom stereocenters. The highest BCUT2D eigenvalue weighted by molar-refractivity contribution is 5.29. The van der Waals surface area contributed by atoms with Gasteiger partial charge in [0.15, 0.2) is 0 Å². The Morgan fingerprint density at radius 1 is 1.37 bits per heavy atom. The Hall–Kier alpha value is -1.14. The highest BCUT2D eigenvalue weighted by Crippen LogP contribution is 2.18. The predicted molar refractivity (Wildman–Crippen MR) is 73.4 cm³/mol. The number of hydrogen-bond acceptors (Lipinski definition) is 5. The quantitative estimate of drug-likeness (QED) is 0.839. The van der Waals surface area contributed by atoms with Crippen LogP contribution in [0.5, 0.6) is 0 Å². The van der Waals surface area contributed by atoms with E-state index in [0.29, 0.717) is 12.1 Å². The van der Waals surface area contributed by atoms with Crippen molar-refractivity contribution >= 4 is 5.95 Å². The van der Waals surface area contributed by atoms with Gasteiger partial charge in [-0.3, -0.25) is 5.10 Å². The number of aromatic amines is 1. The molecule has 0 bridgehead atoms. The van der Waals surface area contributed by atoms with Gasteiger partial charge in [0.1, 0.15) is 5.82 Å². The van der Waals surface area contributed by atoms with E-state index < -0.39 is 0 Å². The second-order valence-electron chi connectivity index (χ2n) is 5.47. The first-order valence-electron chi connectivity index (χ1n) is 7.30. The van der Waals surface area contributed by atoms with Crippen LogP contribution in [0.2, 0.25) is 0 Å². The SMILES string of the molecule is CNC1CCN(c2n[nH]c(CC3CCCO3)n2)CC1. The average Bonchev–Trinajstić information content (AvgIpc) is 3.11. The minimum atomic E-state index is 0.329. The van der Waals surface area contributed by atoms with Crippen molar-refractivity contribution in [3.05, 3.63) is 5.82 Å². The normalized spacial score (nSPS) is 25.1. The van der Waals surface area contributed by atoms with Crippen molar-refractivity contribution in [3.63, 3.8) is 0 Å². The van der Waals surface area contributed by atoms with E-state index in [9.17, 15) is 0 Å². The molecule has 0 saturated carbocycles.